The number of carbonyl (C=O) groups excluding carboxylic acids is 1. The van der Waals surface area contributed by atoms with Gasteiger partial charge in [0.15, 0.2) is 0 Å². The Morgan fingerprint density at radius 3 is 2.33 bits per heavy atom. The van der Waals surface area contributed by atoms with Gasteiger partial charge in [0, 0.05) is 38.6 Å². The highest BCUT2D eigenvalue weighted by molar-refractivity contribution is 5.82. The van der Waals surface area contributed by atoms with Gasteiger partial charge >= 0.3 is 0 Å². The SMILES string of the molecule is CC(C)[C@@](C)(C#N)NC(=O)[C@H](C)N1CCN(c2ncccn2)CC1. The zero-order valence-electron chi connectivity index (χ0n) is 14.9. The lowest BCUT2D eigenvalue weighted by Crippen LogP contribution is -2.58. The van der Waals surface area contributed by atoms with Crippen molar-refractivity contribution >= 4 is 11.9 Å². The van der Waals surface area contributed by atoms with Crippen LogP contribution in [0.1, 0.15) is 27.7 Å². The summed E-state index contributed by atoms with van der Waals surface area (Å²) in [6.45, 7) is 10.6. The fourth-order valence-electron chi connectivity index (χ4n) is 2.59. The molecule has 2 rings (SSSR count). The third-order valence-electron chi connectivity index (χ3n) is 4.85. The van der Waals surface area contributed by atoms with Gasteiger partial charge in [-0.05, 0) is 25.8 Å². The Kier molecular flexibility index (Phi) is 5.73. The van der Waals surface area contributed by atoms with Crippen molar-refractivity contribution in [2.24, 2.45) is 5.92 Å². The minimum Gasteiger partial charge on any atom is -0.338 e. The smallest absolute Gasteiger partial charge is 0.238 e. The molecule has 2 atom stereocenters. The van der Waals surface area contributed by atoms with Crippen LogP contribution < -0.4 is 10.2 Å². The van der Waals surface area contributed by atoms with Crippen LogP contribution in [0.4, 0.5) is 5.95 Å². The van der Waals surface area contributed by atoms with Crippen molar-refractivity contribution in [3.8, 4) is 6.07 Å². The predicted octanol–water partition coefficient (Wildman–Crippen LogP) is 1.04. The molecular weight excluding hydrogens is 304 g/mol. The number of nitriles is 1. The monoisotopic (exact) mass is 330 g/mol. The second-order valence-corrected chi connectivity index (χ2v) is 6.71. The second kappa shape index (κ2) is 7.58. The molecule has 24 heavy (non-hydrogen) atoms. The molecule has 1 aromatic rings. The normalized spacial score (nSPS) is 19.4. The Bertz CT molecular complexity index is 591. The Balaban J connectivity index is 1.92. The number of hydrogen-bond donors (Lipinski definition) is 1. The number of piperazine rings is 1. The minimum absolute atomic E-state index is 0.0470. The predicted molar refractivity (Wildman–Crippen MR) is 92.3 cm³/mol. The number of nitrogens with one attached hydrogen (secondary N) is 1. The Morgan fingerprint density at radius 1 is 1.25 bits per heavy atom. The van der Waals surface area contributed by atoms with E-state index in [1.54, 1.807) is 25.4 Å². The van der Waals surface area contributed by atoms with Crippen LogP contribution in [0, 0.1) is 17.2 Å². The Morgan fingerprint density at radius 2 is 1.83 bits per heavy atom. The number of rotatable bonds is 5. The molecule has 1 amide bonds. The Hall–Kier alpha value is -2.20. The largest absolute Gasteiger partial charge is 0.338 e. The highest BCUT2D eigenvalue weighted by Crippen LogP contribution is 2.17. The number of hydrogen-bond acceptors (Lipinski definition) is 6. The van der Waals surface area contributed by atoms with Gasteiger partial charge in [-0.25, -0.2) is 9.97 Å². The van der Waals surface area contributed by atoms with Crippen LogP contribution in [-0.2, 0) is 4.79 Å². The van der Waals surface area contributed by atoms with Gasteiger partial charge in [-0.3, -0.25) is 9.69 Å². The van der Waals surface area contributed by atoms with Crippen LogP contribution in [-0.4, -0.2) is 58.5 Å². The molecule has 2 heterocycles. The molecule has 0 unspecified atom stereocenters. The van der Waals surface area contributed by atoms with Crippen LogP contribution in [0.2, 0.25) is 0 Å². The van der Waals surface area contributed by atoms with Crippen molar-refractivity contribution in [2.75, 3.05) is 31.1 Å². The standard InChI is InChI=1S/C17H26N6O/c1-13(2)17(4,12-18)21-15(24)14(3)22-8-10-23(11-9-22)16-19-6-5-7-20-16/h5-7,13-14H,8-11H2,1-4H3,(H,21,24)/t14-,17+/m0/s1. The maximum absolute atomic E-state index is 12.5. The van der Waals surface area contributed by atoms with Gasteiger partial charge in [0.05, 0.1) is 12.1 Å². The molecule has 1 aliphatic heterocycles. The van der Waals surface area contributed by atoms with Crippen molar-refractivity contribution in [3.63, 3.8) is 0 Å². The number of anilines is 1. The van der Waals surface area contributed by atoms with E-state index in [0.29, 0.717) is 0 Å². The molecule has 0 radical (unpaired) electrons. The van der Waals surface area contributed by atoms with E-state index in [0.717, 1.165) is 32.1 Å². The summed E-state index contributed by atoms with van der Waals surface area (Å²) >= 11 is 0. The summed E-state index contributed by atoms with van der Waals surface area (Å²) in [4.78, 5) is 25.3. The second-order valence-electron chi connectivity index (χ2n) is 6.71. The third-order valence-corrected chi connectivity index (χ3v) is 4.85. The minimum atomic E-state index is -0.842. The van der Waals surface area contributed by atoms with Crippen LogP contribution in [0.5, 0.6) is 0 Å². The molecule has 1 saturated heterocycles. The zero-order valence-corrected chi connectivity index (χ0v) is 14.9. The summed E-state index contributed by atoms with van der Waals surface area (Å²) in [6, 6.07) is 3.75. The van der Waals surface area contributed by atoms with Gasteiger partial charge in [0.1, 0.15) is 5.54 Å². The fraction of sp³-hybridized carbons (Fsp3) is 0.647. The average molecular weight is 330 g/mol. The summed E-state index contributed by atoms with van der Waals surface area (Å²) in [5.41, 5.74) is -0.842. The van der Waals surface area contributed by atoms with Gasteiger partial charge in [-0.2, -0.15) is 5.26 Å². The number of nitrogens with zero attached hydrogens (tertiary/aromatic N) is 5. The zero-order chi connectivity index (χ0) is 17.7. The summed E-state index contributed by atoms with van der Waals surface area (Å²) in [5, 5.41) is 12.3. The first-order chi connectivity index (χ1) is 11.4. The highest BCUT2D eigenvalue weighted by Gasteiger charge is 2.34. The van der Waals surface area contributed by atoms with Crippen molar-refractivity contribution in [1.29, 1.82) is 5.26 Å². The van der Waals surface area contributed by atoms with Crippen molar-refractivity contribution in [2.45, 2.75) is 39.3 Å². The van der Waals surface area contributed by atoms with E-state index in [2.05, 4.69) is 31.2 Å². The molecule has 0 bridgehead atoms. The molecule has 0 aliphatic carbocycles. The fourth-order valence-corrected chi connectivity index (χ4v) is 2.59. The molecule has 7 nitrogen and oxygen atoms in total. The topological polar surface area (TPSA) is 85.2 Å². The van der Waals surface area contributed by atoms with Crippen molar-refractivity contribution in [3.05, 3.63) is 18.5 Å². The molecule has 0 aromatic carbocycles. The molecular formula is C17H26N6O. The molecule has 130 valence electrons. The number of aromatic nitrogens is 2. The van der Waals surface area contributed by atoms with E-state index in [4.69, 9.17) is 0 Å². The van der Waals surface area contributed by atoms with E-state index >= 15 is 0 Å². The lowest BCUT2D eigenvalue weighted by atomic mass is 9.89. The highest BCUT2D eigenvalue weighted by atomic mass is 16.2. The van der Waals surface area contributed by atoms with Gasteiger partial charge < -0.3 is 10.2 Å². The van der Waals surface area contributed by atoms with E-state index in [1.165, 1.54) is 0 Å². The van der Waals surface area contributed by atoms with Crippen LogP contribution in [0.25, 0.3) is 0 Å². The quantitative estimate of drug-likeness (QED) is 0.868. The first kappa shape index (κ1) is 18.1. The van der Waals surface area contributed by atoms with E-state index in [9.17, 15) is 10.1 Å². The van der Waals surface area contributed by atoms with Gasteiger partial charge in [0.2, 0.25) is 11.9 Å². The molecule has 1 N–H and O–H groups in total. The van der Waals surface area contributed by atoms with Gasteiger partial charge in [0.25, 0.3) is 0 Å². The molecule has 1 aliphatic rings. The molecule has 0 saturated carbocycles. The van der Waals surface area contributed by atoms with Crippen molar-refractivity contribution in [1.82, 2.24) is 20.2 Å². The third kappa shape index (κ3) is 4.01. The van der Waals surface area contributed by atoms with Crippen molar-refractivity contribution < 1.29 is 4.79 Å². The van der Waals surface area contributed by atoms with E-state index in [1.807, 2.05) is 20.8 Å². The van der Waals surface area contributed by atoms with Crippen LogP contribution >= 0.6 is 0 Å². The Labute approximate surface area is 143 Å². The van der Waals surface area contributed by atoms with Gasteiger partial charge in [-0.1, -0.05) is 13.8 Å². The summed E-state index contributed by atoms with van der Waals surface area (Å²) < 4.78 is 0. The van der Waals surface area contributed by atoms with Crippen LogP contribution in [0.3, 0.4) is 0 Å². The lowest BCUT2D eigenvalue weighted by Gasteiger charge is -2.38. The summed E-state index contributed by atoms with van der Waals surface area (Å²) in [6.07, 6.45) is 3.47. The molecule has 0 spiro atoms. The lowest BCUT2D eigenvalue weighted by molar-refractivity contribution is -0.127. The molecule has 1 aromatic heterocycles. The van der Waals surface area contributed by atoms with Crippen LogP contribution in [0.15, 0.2) is 18.5 Å². The van der Waals surface area contributed by atoms with E-state index in [-0.39, 0.29) is 17.9 Å². The van der Waals surface area contributed by atoms with E-state index < -0.39 is 5.54 Å². The number of amides is 1. The molecule has 1 fully saturated rings. The first-order valence-corrected chi connectivity index (χ1v) is 8.36. The molecule has 7 heteroatoms. The summed E-state index contributed by atoms with van der Waals surface area (Å²) in [5.74, 6) is 0.675. The average Bonchev–Trinajstić information content (AvgIpc) is 2.61. The van der Waals surface area contributed by atoms with Gasteiger partial charge in [-0.15, -0.1) is 0 Å². The number of carbonyl (C=O) groups is 1. The summed E-state index contributed by atoms with van der Waals surface area (Å²) in [7, 11) is 0. The first-order valence-electron chi connectivity index (χ1n) is 8.36. The maximum Gasteiger partial charge on any atom is 0.238 e. The maximum atomic E-state index is 12.5.